The first-order valence-electron chi connectivity index (χ1n) is 11.9. The summed E-state index contributed by atoms with van der Waals surface area (Å²) in [5.74, 6) is -2.76. The van der Waals surface area contributed by atoms with Gasteiger partial charge in [-0.1, -0.05) is 97.8 Å². The zero-order chi connectivity index (χ0) is 23.5. The van der Waals surface area contributed by atoms with E-state index in [4.69, 9.17) is 0 Å². The van der Waals surface area contributed by atoms with Crippen LogP contribution < -0.4 is 15.3 Å². The third-order valence-corrected chi connectivity index (χ3v) is 4.45. The monoisotopic (exact) mass is 626 g/mol. The van der Waals surface area contributed by atoms with Crippen LogP contribution in [0.25, 0.3) is 0 Å². The van der Waals surface area contributed by atoms with Crippen molar-refractivity contribution >= 4 is 17.9 Å². The van der Waals surface area contributed by atoms with Crippen LogP contribution in [0.15, 0.2) is 0 Å². The van der Waals surface area contributed by atoms with Gasteiger partial charge in [-0.3, -0.25) is 0 Å². The van der Waals surface area contributed by atoms with Crippen molar-refractivity contribution in [2.45, 2.75) is 136 Å². The second-order valence-corrected chi connectivity index (χ2v) is 7.61. The van der Waals surface area contributed by atoms with E-state index in [9.17, 15) is 29.7 Å². The molecule has 0 spiro atoms. The van der Waals surface area contributed by atoms with Crippen molar-refractivity contribution in [3.63, 3.8) is 0 Å². The number of rotatable bonds is 18. The fraction of sp³-hybridized carbons (Fsp3) is 0.875. The SMILES string of the molecule is CCCCCCCC(=O)[O-].CCCCCCCC(=O)[O-].CCCCCCCC(=O)[O-].[Au+3]. The summed E-state index contributed by atoms with van der Waals surface area (Å²) < 4.78 is 0. The zero-order valence-electron chi connectivity index (χ0n) is 20.0. The van der Waals surface area contributed by atoms with E-state index in [1.54, 1.807) is 0 Å². The summed E-state index contributed by atoms with van der Waals surface area (Å²) in [5, 5.41) is 29.8. The quantitative estimate of drug-likeness (QED) is 0.170. The number of hydrogen-bond acceptors (Lipinski definition) is 6. The predicted octanol–water partition coefficient (Wildman–Crippen LogP) is 3.29. The number of carboxylic acid groups (broad SMARTS) is 3. The molecule has 6 nitrogen and oxygen atoms in total. The molecular formula is C24H45AuO6. The van der Waals surface area contributed by atoms with Gasteiger partial charge in [0.1, 0.15) is 0 Å². The van der Waals surface area contributed by atoms with Crippen LogP contribution in [0.5, 0.6) is 0 Å². The van der Waals surface area contributed by atoms with Crippen LogP contribution in [0.1, 0.15) is 136 Å². The topological polar surface area (TPSA) is 120 Å². The van der Waals surface area contributed by atoms with E-state index < -0.39 is 17.9 Å². The van der Waals surface area contributed by atoms with Crippen molar-refractivity contribution in [2.24, 2.45) is 0 Å². The molecule has 0 radical (unpaired) electrons. The molecule has 0 unspecified atom stereocenters. The molecule has 0 saturated carbocycles. The van der Waals surface area contributed by atoms with Crippen LogP contribution in [0, 0.1) is 0 Å². The van der Waals surface area contributed by atoms with Crippen molar-refractivity contribution in [2.75, 3.05) is 0 Å². The minimum atomic E-state index is -0.920. The van der Waals surface area contributed by atoms with Gasteiger partial charge in [-0.25, -0.2) is 0 Å². The van der Waals surface area contributed by atoms with Gasteiger partial charge in [-0.2, -0.15) is 0 Å². The molecule has 0 rings (SSSR count). The summed E-state index contributed by atoms with van der Waals surface area (Å²) in [4.78, 5) is 29.8. The molecule has 0 saturated heterocycles. The van der Waals surface area contributed by atoms with Crippen LogP contribution in [-0.2, 0) is 36.8 Å². The molecular weight excluding hydrogens is 581 g/mol. The average molecular weight is 627 g/mol. The maximum atomic E-state index is 9.92. The third-order valence-electron chi connectivity index (χ3n) is 4.45. The molecule has 0 atom stereocenters. The van der Waals surface area contributed by atoms with E-state index >= 15 is 0 Å². The standard InChI is InChI=1S/3C8H16O2.Au/c3*1-2-3-4-5-6-7-8(9)10;/h3*2-7H2,1H3,(H,9,10);/q;;;+3/p-3. The number of carboxylic acids is 3. The van der Waals surface area contributed by atoms with Gasteiger partial charge in [0.25, 0.3) is 0 Å². The first-order valence-corrected chi connectivity index (χ1v) is 11.9. The maximum Gasteiger partial charge on any atom is 3.00 e. The van der Waals surface area contributed by atoms with Gasteiger partial charge >= 0.3 is 22.4 Å². The van der Waals surface area contributed by atoms with E-state index in [0.717, 1.165) is 57.8 Å². The van der Waals surface area contributed by atoms with E-state index in [0.29, 0.717) is 0 Å². The molecule has 0 N–H and O–H groups in total. The second kappa shape index (κ2) is 33.8. The summed E-state index contributed by atoms with van der Waals surface area (Å²) in [7, 11) is 0. The van der Waals surface area contributed by atoms with Crippen molar-refractivity contribution in [1.82, 2.24) is 0 Å². The molecule has 0 aromatic carbocycles. The Bertz CT molecular complexity index is 331. The molecule has 0 aliphatic rings. The molecule has 188 valence electrons. The number of hydrogen-bond donors (Lipinski definition) is 0. The predicted molar refractivity (Wildman–Crippen MR) is 115 cm³/mol. The maximum absolute atomic E-state index is 9.92. The van der Waals surface area contributed by atoms with Gasteiger partial charge < -0.3 is 29.7 Å². The van der Waals surface area contributed by atoms with Crippen LogP contribution in [0.3, 0.4) is 0 Å². The van der Waals surface area contributed by atoms with Crippen LogP contribution in [-0.4, -0.2) is 17.9 Å². The molecule has 0 heterocycles. The van der Waals surface area contributed by atoms with Crippen molar-refractivity contribution < 1.29 is 52.1 Å². The Morgan fingerprint density at radius 1 is 0.419 bits per heavy atom. The summed E-state index contributed by atoms with van der Waals surface area (Å²) in [6.07, 6.45) is 16.8. The molecule has 0 bridgehead atoms. The minimum absolute atomic E-state index is 0. The van der Waals surface area contributed by atoms with Gasteiger partial charge in [0, 0.05) is 17.9 Å². The van der Waals surface area contributed by atoms with Crippen molar-refractivity contribution in [1.29, 1.82) is 0 Å². The Labute approximate surface area is 206 Å². The molecule has 0 aromatic rings. The van der Waals surface area contributed by atoms with Gasteiger partial charge in [0.15, 0.2) is 0 Å². The van der Waals surface area contributed by atoms with E-state index in [2.05, 4.69) is 20.8 Å². The minimum Gasteiger partial charge on any atom is -0.550 e. The molecule has 0 aliphatic carbocycles. The Morgan fingerprint density at radius 3 is 0.774 bits per heavy atom. The number of carbonyl (C=O) groups is 3. The van der Waals surface area contributed by atoms with Gasteiger partial charge in [-0.05, 0) is 38.5 Å². The van der Waals surface area contributed by atoms with Crippen molar-refractivity contribution in [3.8, 4) is 0 Å². The molecule has 0 amide bonds. The number of carbonyl (C=O) groups excluding carboxylic acids is 3. The van der Waals surface area contributed by atoms with Crippen LogP contribution >= 0.6 is 0 Å². The first kappa shape index (κ1) is 37.5. The Morgan fingerprint density at radius 2 is 0.613 bits per heavy atom. The van der Waals surface area contributed by atoms with Crippen molar-refractivity contribution in [3.05, 3.63) is 0 Å². The molecule has 0 aromatic heterocycles. The molecule has 0 aliphatic heterocycles. The van der Waals surface area contributed by atoms with Gasteiger partial charge in [-0.15, -0.1) is 0 Å². The smallest absolute Gasteiger partial charge is 0.550 e. The Balaban J connectivity index is -0.000000174. The second-order valence-electron chi connectivity index (χ2n) is 7.61. The average Bonchev–Trinajstić information content (AvgIpc) is 2.68. The fourth-order valence-electron chi connectivity index (χ4n) is 2.62. The normalized spacial score (nSPS) is 9.39. The van der Waals surface area contributed by atoms with Gasteiger partial charge in [0.2, 0.25) is 0 Å². The third kappa shape index (κ3) is 52.9. The number of unbranched alkanes of at least 4 members (excludes halogenated alkanes) is 12. The first-order chi connectivity index (χ1) is 14.3. The number of aliphatic carboxylic acids is 3. The summed E-state index contributed by atoms with van der Waals surface area (Å²) >= 11 is 0. The molecule has 0 fully saturated rings. The largest absolute Gasteiger partial charge is 3.00 e. The van der Waals surface area contributed by atoms with E-state index in [1.807, 2.05) is 0 Å². The zero-order valence-corrected chi connectivity index (χ0v) is 22.1. The van der Waals surface area contributed by atoms with Gasteiger partial charge in [0.05, 0.1) is 0 Å². The Kier molecular flexibility index (Phi) is 40.8. The molecule has 31 heavy (non-hydrogen) atoms. The fourth-order valence-corrected chi connectivity index (χ4v) is 2.62. The Hall–Kier alpha value is -0.850. The summed E-state index contributed by atoms with van der Waals surface area (Å²) in [6.45, 7) is 6.41. The van der Waals surface area contributed by atoms with E-state index in [1.165, 1.54) is 38.5 Å². The van der Waals surface area contributed by atoms with E-state index in [-0.39, 0.29) is 41.6 Å². The summed E-state index contributed by atoms with van der Waals surface area (Å²) in [5.41, 5.74) is 0. The summed E-state index contributed by atoms with van der Waals surface area (Å²) in [6, 6.07) is 0. The van der Waals surface area contributed by atoms with Crippen LogP contribution in [0.4, 0.5) is 0 Å². The van der Waals surface area contributed by atoms with Crippen LogP contribution in [0.2, 0.25) is 0 Å². The molecule has 7 heteroatoms.